The molecule has 0 aromatic rings. The molecule has 118 valence electrons. The first kappa shape index (κ1) is 16.3. The van der Waals surface area contributed by atoms with Crippen LogP contribution < -0.4 is 5.32 Å². The van der Waals surface area contributed by atoms with Crippen LogP contribution in [0.25, 0.3) is 0 Å². The van der Waals surface area contributed by atoms with Gasteiger partial charge in [0, 0.05) is 45.3 Å². The minimum atomic E-state index is 0.792. The zero-order chi connectivity index (χ0) is 14.4. The lowest BCUT2D eigenvalue weighted by Gasteiger charge is -2.34. The number of nitrogens with one attached hydrogen (secondary N) is 1. The van der Waals surface area contributed by atoms with Gasteiger partial charge in [-0.1, -0.05) is 26.7 Å². The fourth-order valence-electron chi connectivity index (χ4n) is 3.86. The van der Waals surface area contributed by atoms with Gasteiger partial charge >= 0.3 is 0 Å². The van der Waals surface area contributed by atoms with E-state index < -0.39 is 0 Å². The molecule has 0 aromatic heterocycles. The molecule has 1 N–H and O–H groups in total. The van der Waals surface area contributed by atoms with Crippen LogP contribution in [0.5, 0.6) is 0 Å². The Balaban J connectivity index is 1.59. The van der Waals surface area contributed by atoms with Crippen molar-refractivity contribution in [2.75, 3.05) is 46.3 Å². The topological polar surface area (TPSA) is 18.5 Å². The third kappa shape index (κ3) is 5.71. The molecule has 0 bridgehead atoms. The van der Waals surface area contributed by atoms with Crippen LogP contribution >= 0.6 is 0 Å². The van der Waals surface area contributed by atoms with Crippen molar-refractivity contribution < 1.29 is 0 Å². The zero-order valence-electron chi connectivity index (χ0n) is 13.9. The molecule has 0 radical (unpaired) electrons. The molecule has 20 heavy (non-hydrogen) atoms. The van der Waals surface area contributed by atoms with E-state index in [1.54, 1.807) is 0 Å². The number of piperazine rings is 1. The number of rotatable bonds is 6. The number of hydrogen-bond donors (Lipinski definition) is 1. The van der Waals surface area contributed by atoms with Crippen molar-refractivity contribution in [1.82, 2.24) is 15.1 Å². The molecule has 2 aliphatic rings. The van der Waals surface area contributed by atoms with Crippen LogP contribution in [-0.2, 0) is 0 Å². The highest BCUT2D eigenvalue weighted by Crippen LogP contribution is 2.29. The van der Waals surface area contributed by atoms with Crippen molar-refractivity contribution in [2.24, 2.45) is 11.8 Å². The van der Waals surface area contributed by atoms with Crippen molar-refractivity contribution in [1.29, 1.82) is 0 Å². The van der Waals surface area contributed by atoms with E-state index in [2.05, 4.69) is 36.0 Å². The predicted molar refractivity (Wildman–Crippen MR) is 87.1 cm³/mol. The maximum Gasteiger partial charge on any atom is 0.0110 e. The molecular formula is C17H35N3. The molecule has 1 aliphatic heterocycles. The van der Waals surface area contributed by atoms with E-state index in [-0.39, 0.29) is 0 Å². The lowest BCUT2D eigenvalue weighted by atomic mass is 9.81. The Bertz CT molecular complexity index is 259. The molecule has 2 atom stereocenters. The van der Waals surface area contributed by atoms with Crippen LogP contribution in [0.1, 0.15) is 46.0 Å². The molecule has 0 spiro atoms. The highest BCUT2D eigenvalue weighted by atomic mass is 15.2. The summed E-state index contributed by atoms with van der Waals surface area (Å²) in [4.78, 5) is 5.04. The van der Waals surface area contributed by atoms with Crippen LogP contribution in [0.4, 0.5) is 0 Å². The van der Waals surface area contributed by atoms with Crippen molar-refractivity contribution in [3.63, 3.8) is 0 Å². The van der Waals surface area contributed by atoms with E-state index in [4.69, 9.17) is 0 Å². The van der Waals surface area contributed by atoms with Gasteiger partial charge in [0.2, 0.25) is 0 Å². The minimum absolute atomic E-state index is 0.792. The van der Waals surface area contributed by atoms with Crippen LogP contribution in [0, 0.1) is 11.8 Å². The van der Waals surface area contributed by atoms with Crippen LogP contribution in [0.2, 0.25) is 0 Å². The molecule has 1 heterocycles. The SMILES string of the molecule is CC(C)CC1CCCC(NCCN2CCN(C)CC2)C1. The van der Waals surface area contributed by atoms with Crippen molar-refractivity contribution in [3.8, 4) is 0 Å². The van der Waals surface area contributed by atoms with Gasteiger partial charge in [-0.05, 0) is 38.1 Å². The van der Waals surface area contributed by atoms with Gasteiger partial charge in [-0.25, -0.2) is 0 Å². The third-order valence-electron chi connectivity index (χ3n) is 5.04. The highest BCUT2D eigenvalue weighted by molar-refractivity contribution is 4.79. The molecule has 0 amide bonds. The Morgan fingerprint density at radius 2 is 1.85 bits per heavy atom. The van der Waals surface area contributed by atoms with Crippen LogP contribution in [0.3, 0.4) is 0 Å². The maximum atomic E-state index is 3.83. The smallest absolute Gasteiger partial charge is 0.0110 e. The molecule has 0 aromatic carbocycles. The molecular weight excluding hydrogens is 246 g/mol. The molecule has 2 fully saturated rings. The number of hydrogen-bond acceptors (Lipinski definition) is 3. The van der Waals surface area contributed by atoms with E-state index in [9.17, 15) is 0 Å². The summed E-state index contributed by atoms with van der Waals surface area (Å²) in [6.07, 6.45) is 7.15. The summed E-state index contributed by atoms with van der Waals surface area (Å²) in [6.45, 7) is 12.1. The Morgan fingerprint density at radius 3 is 2.55 bits per heavy atom. The number of nitrogens with zero attached hydrogens (tertiary/aromatic N) is 2. The van der Waals surface area contributed by atoms with Gasteiger partial charge in [0.05, 0.1) is 0 Å². The molecule has 2 unspecified atom stereocenters. The van der Waals surface area contributed by atoms with E-state index >= 15 is 0 Å². The third-order valence-corrected chi connectivity index (χ3v) is 5.04. The average Bonchev–Trinajstić information content (AvgIpc) is 2.41. The van der Waals surface area contributed by atoms with E-state index in [0.717, 1.165) is 17.9 Å². The van der Waals surface area contributed by atoms with Crippen molar-refractivity contribution in [3.05, 3.63) is 0 Å². The lowest BCUT2D eigenvalue weighted by molar-refractivity contribution is 0.151. The Hall–Kier alpha value is -0.120. The summed E-state index contributed by atoms with van der Waals surface area (Å²) in [6, 6.07) is 0.792. The van der Waals surface area contributed by atoms with Gasteiger partial charge in [-0.2, -0.15) is 0 Å². The lowest BCUT2D eigenvalue weighted by Crippen LogP contribution is -2.47. The second-order valence-corrected chi connectivity index (χ2v) is 7.46. The summed E-state index contributed by atoms with van der Waals surface area (Å²) in [5.74, 6) is 1.84. The Morgan fingerprint density at radius 1 is 1.10 bits per heavy atom. The predicted octanol–water partition coefficient (Wildman–Crippen LogP) is 2.43. The second-order valence-electron chi connectivity index (χ2n) is 7.46. The van der Waals surface area contributed by atoms with Gasteiger partial charge in [0.15, 0.2) is 0 Å². The summed E-state index contributed by atoms with van der Waals surface area (Å²) >= 11 is 0. The summed E-state index contributed by atoms with van der Waals surface area (Å²) in [7, 11) is 2.23. The van der Waals surface area contributed by atoms with Crippen molar-refractivity contribution in [2.45, 2.75) is 52.0 Å². The molecule has 3 heteroatoms. The normalized spacial score (nSPS) is 30.0. The summed E-state index contributed by atoms with van der Waals surface area (Å²) in [5, 5.41) is 3.83. The quantitative estimate of drug-likeness (QED) is 0.807. The average molecular weight is 281 g/mol. The van der Waals surface area contributed by atoms with Gasteiger partial charge in [0.1, 0.15) is 0 Å². The molecule has 1 aliphatic carbocycles. The first-order chi connectivity index (χ1) is 9.63. The number of likely N-dealkylation sites (N-methyl/N-ethyl adjacent to an activating group) is 1. The Labute approximate surface area is 126 Å². The molecule has 2 rings (SSSR count). The van der Waals surface area contributed by atoms with Gasteiger partial charge in [-0.15, -0.1) is 0 Å². The zero-order valence-corrected chi connectivity index (χ0v) is 13.9. The summed E-state index contributed by atoms with van der Waals surface area (Å²) < 4.78 is 0. The van der Waals surface area contributed by atoms with Crippen LogP contribution in [-0.4, -0.2) is 62.2 Å². The second kappa shape index (κ2) is 8.35. The van der Waals surface area contributed by atoms with Gasteiger partial charge in [0.25, 0.3) is 0 Å². The molecule has 3 nitrogen and oxygen atoms in total. The summed E-state index contributed by atoms with van der Waals surface area (Å²) in [5.41, 5.74) is 0. The monoisotopic (exact) mass is 281 g/mol. The first-order valence-corrected chi connectivity index (χ1v) is 8.77. The van der Waals surface area contributed by atoms with Crippen LogP contribution in [0.15, 0.2) is 0 Å². The van der Waals surface area contributed by atoms with Crippen molar-refractivity contribution >= 4 is 0 Å². The Kier molecular flexibility index (Phi) is 6.79. The van der Waals surface area contributed by atoms with E-state index in [1.165, 1.54) is 71.4 Å². The fraction of sp³-hybridized carbons (Fsp3) is 1.00. The fourth-order valence-corrected chi connectivity index (χ4v) is 3.86. The minimum Gasteiger partial charge on any atom is -0.313 e. The first-order valence-electron chi connectivity index (χ1n) is 8.77. The van der Waals surface area contributed by atoms with Gasteiger partial charge < -0.3 is 10.2 Å². The van der Waals surface area contributed by atoms with Gasteiger partial charge in [-0.3, -0.25) is 4.90 Å². The maximum absolute atomic E-state index is 3.83. The van der Waals surface area contributed by atoms with E-state index in [1.807, 2.05) is 0 Å². The largest absolute Gasteiger partial charge is 0.313 e. The van der Waals surface area contributed by atoms with E-state index in [0.29, 0.717) is 0 Å². The highest BCUT2D eigenvalue weighted by Gasteiger charge is 2.22. The molecule has 1 saturated carbocycles. The standard InChI is InChI=1S/C17H35N3/c1-15(2)13-16-5-4-6-17(14-16)18-7-8-20-11-9-19(3)10-12-20/h15-18H,4-14H2,1-3H3. The molecule has 1 saturated heterocycles.